The zero-order valence-corrected chi connectivity index (χ0v) is 26.1. The van der Waals surface area contributed by atoms with E-state index in [2.05, 4.69) is 27.5 Å². The second-order valence-electron chi connectivity index (χ2n) is 12.0. The van der Waals surface area contributed by atoms with E-state index in [1.54, 1.807) is 24.4 Å². The van der Waals surface area contributed by atoms with Crippen LogP contribution in [0.1, 0.15) is 76.0 Å². The van der Waals surface area contributed by atoms with Crippen LogP contribution in [0.3, 0.4) is 0 Å². The summed E-state index contributed by atoms with van der Waals surface area (Å²) in [6.07, 6.45) is 9.23. The van der Waals surface area contributed by atoms with Crippen LogP contribution in [0.15, 0.2) is 53.5 Å². The average Bonchev–Trinajstić information content (AvgIpc) is 3.40. The lowest BCUT2D eigenvalue weighted by atomic mass is 9.90. The number of halogens is 2. The van der Waals surface area contributed by atoms with Gasteiger partial charge in [0.2, 0.25) is 0 Å². The van der Waals surface area contributed by atoms with Crippen molar-refractivity contribution >= 4 is 28.6 Å². The Kier molecular flexibility index (Phi) is 10.0. The topological polar surface area (TPSA) is 151 Å². The number of nitrogens with one attached hydrogen (secondary N) is 4. The highest BCUT2D eigenvalue weighted by atomic mass is 35.5. The van der Waals surface area contributed by atoms with E-state index in [4.69, 9.17) is 28.5 Å². The number of hydrogen-bond donors (Lipinski definition) is 6. The highest BCUT2D eigenvalue weighted by Crippen LogP contribution is 2.32. The third-order valence-electron chi connectivity index (χ3n) is 8.49. The molecule has 0 amide bonds. The Morgan fingerprint density at radius 3 is 2.73 bits per heavy atom. The predicted octanol–water partition coefficient (Wildman–Crippen LogP) is 5.68. The number of rotatable bonds is 11. The smallest absolute Gasteiger partial charge is 0.354 e. The number of benzene rings is 2. The molecule has 9 nitrogen and oxygen atoms in total. The standard InChI is InChI=1S/C33H42ClFN8O/c1-3-23(40-32(37)38)17-24-8-5-9-28(39-24)21-10-12-25(13-11-21)43-18-22-16-29(41-31(22)42-33(43)44)26-14-20(7-4-6-19(2)36)15-27(34)30(26)35/h10-16,18-19,23-24,28,39H,3-9,17,36H2,1-2H3,(H4,37,38,40)(H,41,42,44)/t19-,23+,24-,28-/m0/s1. The van der Waals surface area contributed by atoms with E-state index in [-0.39, 0.29) is 29.1 Å². The fraction of sp³-hybridized carbons (Fsp3) is 0.424. The molecule has 0 unspecified atom stereocenters. The normalized spacial score (nSPS) is 18.3. The fourth-order valence-electron chi connectivity index (χ4n) is 6.16. The van der Waals surface area contributed by atoms with Gasteiger partial charge in [0.1, 0.15) is 5.65 Å². The van der Waals surface area contributed by atoms with Gasteiger partial charge in [0.15, 0.2) is 11.8 Å². The van der Waals surface area contributed by atoms with Crippen LogP contribution in [-0.2, 0) is 6.42 Å². The molecule has 1 saturated heterocycles. The molecule has 5 rings (SSSR count). The number of H-pyrrole nitrogens is 1. The number of piperidine rings is 1. The molecule has 0 radical (unpaired) electrons. The molecule has 2 aromatic heterocycles. The molecule has 8 N–H and O–H groups in total. The molecule has 0 aliphatic carbocycles. The number of aromatic amines is 1. The first-order valence-corrected chi connectivity index (χ1v) is 15.8. The van der Waals surface area contributed by atoms with E-state index in [1.807, 2.05) is 31.2 Å². The molecular weight excluding hydrogens is 579 g/mol. The van der Waals surface area contributed by atoms with Crippen molar-refractivity contribution in [3.63, 3.8) is 0 Å². The zero-order chi connectivity index (χ0) is 31.4. The van der Waals surface area contributed by atoms with Crippen LogP contribution in [0.4, 0.5) is 4.39 Å². The highest BCUT2D eigenvalue weighted by Gasteiger charge is 2.25. The van der Waals surface area contributed by atoms with Crippen molar-refractivity contribution in [2.45, 2.75) is 89.4 Å². The Hall–Kier alpha value is -3.73. The maximum Gasteiger partial charge on any atom is 0.354 e. The maximum absolute atomic E-state index is 15.1. The van der Waals surface area contributed by atoms with Crippen LogP contribution in [0.5, 0.6) is 0 Å². The summed E-state index contributed by atoms with van der Waals surface area (Å²) in [5.74, 6) is -0.507. The van der Waals surface area contributed by atoms with Crippen molar-refractivity contribution < 1.29 is 4.39 Å². The van der Waals surface area contributed by atoms with Gasteiger partial charge in [-0.25, -0.2) is 9.18 Å². The first-order chi connectivity index (χ1) is 21.1. The third-order valence-corrected chi connectivity index (χ3v) is 8.76. The molecule has 4 atom stereocenters. The molecule has 1 aliphatic rings. The molecule has 2 aromatic carbocycles. The van der Waals surface area contributed by atoms with Crippen LogP contribution in [0.2, 0.25) is 5.02 Å². The SMILES string of the molecule is CC[C@H](C[C@@H]1CCC[C@@H](c2ccc(-n3cc4cc(-c5cc(CCC[C@H](C)N)cc(Cl)c5F)[nH]c4nc3=O)cc2)N1)NC(=N)N. The van der Waals surface area contributed by atoms with Crippen LogP contribution in [0, 0.1) is 11.2 Å². The minimum Gasteiger partial charge on any atom is -0.370 e. The van der Waals surface area contributed by atoms with Gasteiger partial charge in [0, 0.05) is 41.3 Å². The Balaban J connectivity index is 1.34. The summed E-state index contributed by atoms with van der Waals surface area (Å²) in [6.45, 7) is 4.06. The Labute approximate surface area is 262 Å². The Bertz CT molecular complexity index is 1670. The van der Waals surface area contributed by atoms with E-state index >= 15 is 4.39 Å². The van der Waals surface area contributed by atoms with Gasteiger partial charge in [-0.15, -0.1) is 0 Å². The average molecular weight is 621 g/mol. The van der Waals surface area contributed by atoms with Crippen molar-refractivity contribution in [1.82, 2.24) is 25.2 Å². The summed E-state index contributed by atoms with van der Waals surface area (Å²) in [5, 5.41) is 15.1. The van der Waals surface area contributed by atoms with Crippen LogP contribution < -0.4 is 27.8 Å². The Morgan fingerprint density at radius 1 is 1.25 bits per heavy atom. The van der Waals surface area contributed by atoms with Crippen molar-refractivity contribution in [1.29, 1.82) is 5.41 Å². The van der Waals surface area contributed by atoms with Gasteiger partial charge in [0.05, 0.1) is 16.4 Å². The lowest BCUT2D eigenvalue weighted by molar-refractivity contribution is 0.291. The first-order valence-electron chi connectivity index (χ1n) is 15.4. The first kappa shape index (κ1) is 31.7. The van der Waals surface area contributed by atoms with Crippen molar-refractivity contribution in [2.75, 3.05) is 0 Å². The van der Waals surface area contributed by atoms with Crippen LogP contribution in [-0.4, -0.2) is 38.6 Å². The molecule has 1 fully saturated rings. The summed E-state index contributed by atoms with van der Waals surface area (Å²) in [5.41, 5.74) is 15.0. The monoisotopic (exact) mass is 620 g/mol. The van der Waals surface area contributed by atoms with Gasteiger partial charge < -0.3 is 27.1 Å². The number of nitrogens with zero attached hydrogens (tertiary/aromatic N) is 2. The van der Waals surface area contributed by atoms with Crippen LogP contribution >= 0.6 is 11.6 Å². The van der Waals surface area contributed by atoms with Gasteiger partial charge in [-0.3, -0.25) is 9.98 Å². The van der Waals surface area contributed by atoms with E-state index in [0.717, 1.165) is 62.5 Å². The lowest BCUT2D eigenvalue weighted by Crippen LogP contribution is -2.45. The molecule has 234 valence electrons. The summed E-state index contributed by atoms with van der Waals surface area (Å²) < 4.78 is 16.6. The number of hydrogen-bond acceptors (Lipinski definition) is 5. The van der Waals surface area contributed by atoms with Crippen LogP contribution in [0.25, 0.3) is 28.0 Å². The van der Waals surface area contributed by atoms with Crippen molar-refractivity contribution in [3.05, 3.63) is 81.1 Å². The summed E-state index contributed by atoms with van der Waals surface area (Å²) >= 11 is 6.26. The largest absolute Gasteiger partial charge is 0.370 e. The van der Waals surface area contributed by atoms with Crippen molar-refractivity contribution in [3.8, 4) is 16.9 Å². The van der Waals surface area contributed by atoms with E-state index in [1.165, 1.54) is 4.57 Å². The molecule has 44 heavy (non-hydrogen) atoms. The van der Waals surface area contributed by atoms with E-state index < -0.39 is 11.5 Å². The van der Waals surface area contributed by atoms with Gasteiger partial charge in [-0.1, -0.05) is 37.1 Å². The van der Waals surface area contributed by atoms with Gasteiger partial charge in [0.25, 0.3) is 0 Å². The maximum atomic E-state index is 15.1. The molecule has 0 bridgehead atoms. The molecule has 0 spiro atoms. The van der Waals surface area contributed by atoms with Gasteiger partial charge in [-0.05, 0) is 93.3 Å². The van der Waals surface area contributed by atoms with Crippen molar-refractivity contribution in [2.24, 2.45) is 11.5 Å². The third kappa shape index (κ3) is 7.49. The van der Waals surface area contributed by atoms with Gasteiger partial charge in [-0.2, -0.15) is 4.98 Å². The number of aryl methyl sites for hydroxylation is 1. The predicted molar refractivity (Wildman–Crippen MR) is 176 cm³/mol. The molecule has 0 saturated carbocycles. The molecule has 11 heteroatoms. The quantitative estimate of drug-likeness (QED) is 0.0938. The molecule has 4 aromatic rings. The molecule has 1 aliphatic heterocycles. The van der Waals surface area contributed by atoms with Gasteiger partial charge >= 0.3 is 5.69 Å². The second-order valence-corrected chi connectivity index (χ2v) is 12.4. The summed E-state index contributed by atoms with van der Waals surface area (Å²) in [7, 11) is 0. The Morgan fingerprint density at radius 2 is 2.02 bits per heavy atom. The van der Waals surface area contributed by atoms with E-state index in [9.17, 15) is 4.79 Å². The van der Waals surface area contributed by atoms with E-state index in [0.29, 0.717) is 34.0 Å². The minimum atomic E-state index is -0.515. The summed E-state index contributed by atoms with van der Waals surface area (Å²) in [4.78, 5) is 20.4. The number of guanidine groups is 1. The number of fused-ring (bicyclic) bond motifs is 1. The number of aromatic nitrogens is 3. The highest BCUT2D eigenvalue weighted by molar-refractivity contribution is 6.31. The number of nitrogens with two attached hydrogens (primary N) is 2. The minimum absolute atomic E-state index is 0.00751. The molecular formula is C33H42ClFN8O. The molecule has 3 heterocycles. The lowest BCUT2D eigenvalue weighted by Gasteiger charge is -2.33. The fourth-order valence-corrected chi connectivity index (χ4v) is 6.41. The zero-order valence-electron chi connectivity index (χ0n) is 25.3. The summed E-state index contributed by atoms with van der Waals surface area (Å²) in [6, 6.07) is 14.0. The second kappa shape index (κ2) is 13.9.